The molecule has 9 heteroatoms. The van der Waals surface area contributed by atoms with Crippen LogP contribution in [0.3, 0.4) is 0 Å². The minimum atomic E-state index is -0.463. The first kappa shape index (κ1) is 18.9. The van der Waals surface area contributed by atoms with Crippen molar-refractivity contribution in [3.8, 4) is 5.69 Å². The number of hydrogen-bond donors (Lipinski definition) is 2. The molecule has 2 amide bonds. The molecule has 0 fully saturated rings. The van der Waals surface area contributed by atoms with Crippen molar-refractivity contribution in [1.82, 2.24) is 19.7 Å². The Kier molecular flexibility index (Phi) is 6.91. The Morgan fingerprint density at radius 1 is 1.36 bits per heavy atom. The zero-order valence-electron chi connectivity index (χ0n) is 14.0. The average molecular weight is 365 g/mol. The fraction of sp³-hybridized carbons (Fsp3) is 0.375. The Hall–Kier alpha value is -2.45. The maximum Gasteiger partial charge on any atom is 0.238 e. The van der Waals surface area contributed by atoms with E-state index < -0.39 is 5.91 Å². The van der Waals surface area contributed by atoms with Crippen molar-refractivity contribution in [2.24, 2.45) is 5.73 Å². The number of primary amides is 1. The molecule has 0 bridgehead atoms. The predicted molar refractivity (Wildman–Crippen MR) is 95.5 cm³/mol. The van der Waals surface area contributed by atoms with E-state index in [4.69, 9.17) is 17.3 Å². The number of amides is 2. The fourth-order valence-electron chi connectivity index (χ4n) is 2.35. The summed E-state index contributed by atoms with van der Waals surface area (Å²) in [5, 5.41) is 7.36. The molecule has 1 heterocycles. The Bertz CT molecular complexity index is 719. The first-order valence-electron chi connectivity index (χ1n) is 7.94. The number of carbonyl (C=O) groups is 2. The third kappa shape index (κ3) is 5.84. The third-order valence-electron chi connectivity index (χ3n) is 3.47. The number of hydrogen-bond acceptors (Lipinski definition) is 5. The van der Waals surface area contributed by atoms with Crippen LogP contribution >= 0.6 is 11.6 Å². The highest BCUT2D eigenvalue weighted by atomic mass is 35.5. The summed E-state index contributed by atoms with van der Waals surface area (Å²) in [5.41, 5.74) is 6.41. The molecule has 3 N–H and O–H groups in total. The Labute approximate surface area is 151 Å². The van der Waals surface area contributed by atoms with Crippen LogP contribution in [0.4, 0.5) is 5.69 Å². The third-order valence-corrected chi connectivity index (χ3v) is 3.71. The first-order chi connectivity index (χ1) is 12.0. The lowest BCUT2D eigenvalue weighted by Crippen LogP contribution is -2.39. The lowest BCUT2D eigenvalue weighted by atomic mass is 10.2. The number of anilines is 1. The van der Waals surface area contributed by atoms with Gasteiger partial charge in [0.15, 0.2) is 0 Å². The number of unbranched alkanes of at least 4 members (excludes halogenated alkanes) is 1. The zero-order chi connectivity index (χ0) is 18.2. The maximum atomic E-state index is 12.4. The van der Waals surface area contributed by atoms with Crippen LogP contribution in [0, 0.1) is 0 Å². The van der Waals surface area contributed by atoms with Gasteiger partial charge in [0.1, 0.15) is 12.7 Å². The number of halogens is 1. The number of nitrogens with zero attached hydrogens (tertiary/aromatic N) is 4. The summed E-state index contributed by atoms with van der Waals surface area (Å²) in [6.45, 7) is 2.77. The van der Waals surface area contributed by atoms with E-state index in [-0.39, 0.29) is 19.0 Å². The molecule has 0 atom stereocenters. The van der Waals surface area contributed by atoms with E-state index in [1.807, 2.05) is 6.92 Å². The monoisotopic (exact) mass is 364 g/mol. The summed E-state index contributed by atoms with van der Waals surface area (Å²) in [5.74, 6) is -0.726. The molecule has 0 aliphatic carbocycles. The van der Waals surface area contributed by atoms with Crippen LogP contribution in [0.2, 0.25) is 5.02 Å². The van der Waals surface area contributed by atoms with E-state index in [0.717, 1.165) is 12.8 Å². The second-order valence-electron chi connectivity index (χ2n) is 5.58. The molecule has 134 valence electrons. The number of rotatable bonds is 9. The molecule has 0 aliphatic heterocycles. The van der Waals surface area contributed by atoms with Gasteiger partial charge < -0.3 is 11.1 Å². The zero-order valence-corrected chi connectivity index (χ0v) is 14.7. The van der Waals surface area contributed by atoms with Gasteiger partial charge in [-0.25, -0.2) is 9.67 Å². The van der Waals surface area contributed by atoms with Gasteiger partial charge in [0.05, 0.1) is 24.5 Å². The van der Waals surface area contributed by atoms with E-state index in [9.17, 15) is 9.59 Å². The summed E-state index contributed by atoms with van der Waals surface area (Å²) < 4.78 is 1.53. The van der Waals surface area contributed by atoms with Crippen LogP contribution in [0.1, 0.15) is 19.8 Å². The number of aromatic nitrogens is 3. The van der Waals surface area contributed by atoms with Gasteiger partial charge in [-0.1, -0.05) is 24.9 Å². The van der Waals surface area contributed by atoms with Gasteiger partial charge in [-0.3, -0.25) is 14.5 Å². The van der Waals surface area contributed by atoms with Crippen molar-refractivity contribution in [3.63, 3.8) is 0 Å². The summed E-state index contributed by atoms with van der Waals surface area (Å²) in [4.78, 5) is 29.2. The van der Waals surface area contributed by atoms with Gasteiger partial charge in [-0.05, 0) is 31.2 Å². The quantitative estimate of drug-likeness (QED) is 0.700. The van der Waals surface area contributed by atoms with Gasteiger partial charge in [0.2, 0.25) is 11.8 Å². The smallest absolute Gasteiger partial charge is 0.238 e. The normalized spacial score (nSPS) is 10.8. The van der Waals surface area contributed by atoms with Crippen molar-refractivity contribution in [2.45, 2.75) is 19.8 Å². The second kappa shape index (κ2) is 9.14. The molecule has 8 nitrogen and oxygen atoms in total. The molecule has 2 aromatic rings. The van der Waals surface area contributed by atoms with Crippen molar-refractivity contribution < 1.29 is 9.59 Å². The van der Waals surface area contributed by atoms with Gasteiger partial charge in [-0.2, -0.15) is 5.10 Å². The predicted octanol–water partition coefficient (Wildman–Crippen LogP) is 1.45. The minimum absolute atomic E-state index is 0.0406. The number of carbonyl (C=O) groups excluding carboxylic acids is 2. The van der Waals surface area contributed by atoms with E-state index in [1.54, 1.807) is 23.1 Å². The van der Waals surface area contributed by atoms with Gasteiger partial charge >= 0.3 is 0 Å². The van der Waals surface area contributed by atoms with E-state index >= 15 is 0 Å². The minimum Gasteiger partial charge on any atom is -0.369 e. The molecule has 1 aromatic carbocycles. The van der Waals surface area contributed by atoms with E-state index in [0.29, 0.717) is 22.9 Å². The lowest BCUT2D eigenvalue weighted by Gasteiger charge is -2.20. The van der Waals surface area contributed by atoms with Crippen LogP contribution in [0.15, 0.2) is 30.9 Å². The SMILES string of the molecule is CCCCN(CC(N)=O)CC(=O)Nc1cc(Cl)ccc1-n1cncn1. The van der Waals surface area contributed by atoms with Crippen LogP contribution < -0.4 is 11.1 Å². The second-order valence-corrected chi connectivity index (χ2v) is 6.02. The Morgan fingerprint density at radius 3 is 2.80 bits per heavy atom. The summed E-state index contributed by atoms with van der Waals surface area (Å²) in [6.07, 6.45) is 4.77. The topological polar surface area (TPSA) is 106 Å². The highest BCUT2D eigenvalue weighted by Gasteiger charge is 2.15. The molecule has 25 heavy (non-hydrogen) atoms. The van der Waals surface area contributed by atoms with Gasteiger partial charge in [-0.15, -0.1) is 0 Å². The first-order valence-corrected chi connectivity index (χ1v) is 8.32. The molecule has 0 radical (unpaired) electrons. The molecule has 0 saturated carbocycles. The molecule has 0 unspecified atom stereocenters. The average Bonchev–Trinajstić information content (AvgIpc) is 3.06. The van der Waals surface area contributed by atoms with Gasteiger partial charge in [0.25, 0.3) is 0 Å². The van der Waals surface area contributed by atoms with Crippen LogP contribution in [0.5, 0.6) is 0 Å². The van der Waals surface area contributed by atoms with Crippen molar-refractivity contribution in [1.29, 1.82) is 0 Å². The number of benzene rings is 1. The van der Waals surface area contributed by atoms with Crippen LogP contribution in [-0.4, -0.2) is 51.1 Å². The standard InChI is InChI=1S/C16H21ClN6O2/c1-2-3-6-22(8-15(18)24)9-16(25)21-13-7-12(17)4-5-14(13)23-11-19-10-20-23/h4-5,7,10-11H,2-3,6,8-9H2,1H3,(H2,18,24)(H,21,25). The molecule has 0 spiro atoms. The lowest BCUT2D eigenvalue weighted by molar-refractivity contribution is -0.121. The van der Waals surface area contributed by atoms with Crippen molar-refractivity contribution >= 4 is 29.1 Å². The van der Waals surface area contributed by atoms with Gasteiger partial charge in [0, 0.05) is 5.02 Å². The van der Waals surface area contributed by atoms with Crippen LogP contribution in [-0.2, 0) is 9.59 Å². The summed E-state index contributed by atoms with van der Waals surface area (Å²) >= 11 is 6.04. The highest BCUT2D eigenvalue weighted by Crippen LogP contribution is 2.23. The molecule has 2 rings (SSSR count). The Morgan fingerprint density at radius 2 is 2.16 bits per heavy atom. The molecule has 0 aliphatic rings. The molecule has 1 aromatic heterocycles. The maximum absolute atomic E-state index is 12.4. The van der Waals surface area contributed by atoms with E-state index in [1.165, 1.54) is 17.3 Å². The fourth-order valence-corrected chi connectivity index (χ4v) is 2.52. The molecular formula is C16H21ClN6O2. The largest absolute Gasteiger partial charge is 0.369 e. The van der Waals surface area contributed by atoms with E-state index in [2.05, 4.69) is 15.4 Å². The summed E-state index contributed by atoms with van der Waals surface area (Å²) in [7, 11) is 0. The highest BCUT2D eigenvalue weighted by molar-refractivity contribution is 6.31. The molecular weight excluding hydrogens is 344 g/mol. The number of nitrogens with one attached hydrogen (secondary N) is 1. The van der Waals surface area contributed by atoms with Crippen molar-refractivity contribution in [2.75, 3.05) is 25.0 Å². The summed E-state index contributed by atoms with van der Waals surface area (Å²) in [6, 6.07) is 5.08. The molecule has 0 saturated heterocycles. The van der Waals surface area contributed by atoms with Crippen LogP contribution in [0.25, 0.3) is 5.69 Å². The number of nitrogens with two attached hydrogens (primary N) is 1. The Balaban J connectivity index is 2.11. The van der Waals surface area contributed by atoms with Crippen molar-refractivity contribution in [3.05, 3.63) is 35.9 Å².